The largest absolute Gasteiger partial charge is 0.463 e. The molecule has 0 aliphatic rings. The molecule has 0 amide bonds. The summed E-state index contributed by atoms with van der Waals surface area (Å²) >= 11 is 0. The molecule has 0 spiro atoms. The number of hydrogen-bond donors (Lipinski definition) is 1. The molecule has 1 rings (SSSR count). The minimum Gasteiger partial charge on any atom is -0.463 e. The van der Waals surface area contributed by atoms with Crippen LogP contribution in [0, 0.1) is 0 Å². The molecule has 0 fully saturated rings. The molecule has 4 heteroatoms. The van der Waals surface area contributed by atoms with Crippen LogP contribution < -0.4 is 4.74 Å². The maximum Gasteiger partial charge on any atom is 0.316 e. The van der Waals surface area contributed by atoms with Gasteiger partial charge in [0.1, 0.15) is 0 Å². The first-order valence-corrected chi connectivity index (χ1v) is 4.94. The Morgan fingerprint density at radius 3 is 2.50 bits per heavy atom. The summed E-state index contributed by atoms with van der Waals surface area (Å²) in [5, 5.41) is 8.55. The van der Waals surface area contributed by atoms with E-state index in [1.807, 2.05) is 0 Å². The zero-order valence-corrected chi connectivity index (χ0v) is 8.22. The van der Waals surface area contributed by atoms with E-state index in [-0.39, 0.29) is 6.61 Å². The average molecular weight is 196 g/mol. The third kappa shape index (κ3) is 4.77. The summed E-state index contributed by atoms with van der Waals surface area (Å²) in [6, 6.07) is 2.20. The third-order valence-electron chi connectivity index (χ3n) is 1.83. The van der Waals surface area contributed by atoms with Crippen molar-refractivity contribution in [3.63, 3.8) is 0 Å². The lowest BCUT2D eigenvalue weighted by Crippen LogP contribution is -2.00. The van der Waals surface area contributed by atoms with E-state index in [1.165, 1.54) is 0 Å². The third-order valence-corrected chi connectivity index (χ3v) is 1.83. The topological polar surface area (TPSA) is 55.2 Å². The zero-order chi connectivity index (χ0) is 10.1. The van der Waals surface area contributed by atoms with Crippen molar-refractivity contribution in [2.45, 2.75) is 25.7 Å². The predicted molar refractivity (Wildman–Crippen MR) is 53.1 cm³/mol. The Morgan fingerprint density at radius 1 is 1.07 bits per heavy atom. The number of rotatable bonds is 7. The van der Waals surface area contributed by atoms with Crippen molar-refractivity contribution in [3.05, 3.63) is 18.5 Å². The van der Waals surface area contributed by atoms with Crippen LogP contribution in [0.3, 0.4) is 0 Å². The minimum atomic E-state index is 0.280. The molecule has 1 heterocycles. The van der Waals surface area contributed by atoms with Crippen molar-refractivity contribution >= 4 is 0 Å². The van der Waals surface area contributed by atoms with E-state index in [2.05, 4.69) is 9.97 Å². The number of ether oxygens (including phenoxy) is 1. The first-order chi connectivity index (χ1) is 6.93. The van der Waals surface area contributed by atoms with E-state index in [0.29, 0.717) is 12.6 Å². The molecule has 0 saturated heterocycles. The van der Waals surface area contributed by atoms with Crippen LogP contribution in [0.4, 0.5) is 0 Å². The van der Waals surface area contributed by atoms with Crippen LogP contribution in [-0.4, -0.2) is 28.3 Å². The molecule has 0 atom stereocenters. The second kappa shape index (κ2) is 7.26. The molecule has 1 aromatic rings. The van der Waals surface area contributed by atoms with Crippen LogP contribution in [0.15, 0.2) is 18.5 Å². The number of nitrogens with zero attached hydrogens (tertiary/aromatic N) is 2. The molecule has 1 aromatic heterocycles. The number of unbranched alkanes of at least 4 members (excludes halogenated alkanes) is 3. The molecule has 0 aromatic carbocycles. The maximum atomic E-state index is 8.55. The molecular weight excluding hydrogens is 180 g/mol. The lowest BCUT2D eigenvalue weighted by molar-refractivity contribution is 0.266. The second-order valence-corrected chi connectivity index (χ2v) is 3.02. The van der Waals surface area contributed by atoms with Crippen molar-refractivity contribution in [3.8, 4) is 6.01 Å². The van der Waals surface area contributed by atoms with Crippen LogP contribution in [0.1, 0.15) is 25.7 Å². The van der Waals surface area contributed by atoms with E-state index < -0.39 is 0 Å². The van der Waals surface area contributed by atoms with Crippen molar-refractivity contribution in [1.82, 2.24) is 9.97 Å². The molecule has 14 heavy (non-hydrogen) atoms. The van der Waals surface area contributed by atoms with Gasteiger partial charge in [-0.15, -0.1) is 0 Å². The van der Waals surface area contributed by atoms with Crippen molar-refractivity contribution in [2.75, 3.05) is 13.2 Å². The van der Waals surface area contributed by atoms with Crippen molar-refractivity contribution in [2.24, 2.45) is 0 Å². The molecule has 0 radical (unpaired) electrons. The van der Waals surface area contributed by atoms with Crippen LogP contribution in [0.5, 0.6) is 6.01 Å². The standard InChI is InChI=1S/C10H16N2O2/c13-8-3-1-2-4-9-14-10-11-6-5-7-12-10/h5-7,13H,1-4,8-9H2. The monoisotopic (exact) mass is 196 g/mol. The summed E-state index contributed by atoms with van der Waals surface area (Å²) in [6.07, 6.45) is 7.31. The van der Waals surface area contributed by atoms with Gasteiger partial charge in [-0.2, -0.15) is 0 Å². The number of aromatic nitrogens is 2. The van der Waals surface area contributed by atoms with Gasteiger partial charge in [-0.05, 0) is 25.3 Å². The Kier molecular flexibility index (Phi) is 5.66. The lowest BCUT2D eigenvalue weighted by atomic mass is 10.2. The molecule has 1 N–H and O–H groups in total. The average Bonchev–Trinajstić information content (AvgIpc) is 2.25. The van der Waals surface area contributed by atoms with Gasteiger partial charge in [-0.1, -0.05) is 6.42 Å². The highest BCUT2D eigenvalue weighted by molar-refractivity contribution is 4.92. The summed E-state index contributed by atoms with van der Waals surface area (Å²) in [6.45, 7) is 0.929. The number of hydrogen-bond acceptors (Lipinski definition) is 4. The van der Waals surface area contributed by atoms with Gasteiger partial charge in [0.15, 0.2) is 0 Å². The Hall–Kier alpha value is -1.16. The number of aliphatic hydroxyl groups excluding tert-OH is 1. The van der Waals surface area contributed by atoms with Crippen molar-refractivity contribution in [1.29, 1.82) is 0 Å². The van der Waals surface area contributed by atoms with Gasteiger partial charge in [0.2, 0.25) is 0 Å². The van der Waals surface area contributed by atoms with Gasteiger partial charge >= 0.3 is 6.01 Å². The lowest BCUT2D eigenvalue weighted by Gasteiger charge is -2.02. The van der Waals surface area contributed by atoms with Crippen LogP contribution in [0.2, 0.25) is 0 Å². The van der Waals surface area contributed by atoms with Crippen LogP contribution in [-0.2, 0) is 0 Å². The van der Waals surface area contributed by atoms with Crippen LogP contribution >= 0.6 is 0 Å². The van der Waals surface area contributed by atoms with Crippen molar-refractivity contribution < 1.29 is 9.84 Å². The molecule has 0 saturated carbocycles. The Labute approximate surface area is 84.0 Å². The summed E-state index contributed by atoms with van der Waals surface area (Å²) in [4.78, 5) is 7.88. The van der Waals surface area contributed by atoms with E-state index in [4.69, 9.17) is 9.84 Å². The summed E-state index contributed by atoms with van der Waals surface area (Å²) in [5.41, 5.74) is 0. The SMILES string of the molecule is OCCCCCCOc1ncccn1. The van der Waals surface area contributed by atoms with Gasteiger partial charge in [0.05, 0.1) is 6.61 Å². The van der Waals surface area contributed by atoms with Gasteiger partial charge in [0, 0.05) is 19.0 Å². The highest BCUT2D eigenvalue weighted by atomic mass is 16.5. The molecule has 0 bridgehead atoms. The maximum absolute atomic E-state index is 8.55. The Morgan fingerprint density at radius 2 is 1.79 bits per heavy atom. The molecule has 4 nitrogen and oxygen atoms in total. The first kappa shape index (κ1) is 10.9. The summed E-state index contributed by atoms with van der Waals surface area (Å²) < 4.78 is 5.30. The number of aliphatic hydroxyl groups is 1. The fraction of sp³-hybridized carbons (Fsp3) is 0.600. The fourth-order valence-corrected chi connectivity index (χ4v) is 1.09. The van der Waals surface area contributed by atoms with E-state index >= 15 is 0 Å². The Bertz CT molecular complexity index is 229. The smallest absolute Gasteiger partial charge is 0.316 e. The van der Waals surface area contributed by atoms with Crippen LogP contribution in [0.25, 0.3) is 0 Å². The highest BCUT2D eigenvalue weighted by Gasteiger charge is 1.94. The zero-order valence-electron chi connectivity index (χ0n) is 8.22. The molecular formula is C10H16N2O2. The quantitative estimate of drug-likeness (QED) is 0.670. The van der Waals surface area contributed by atoms with Gasteiger partial charge in [-0.25, -0.2) is 9.97 Å². The normalized spacial score (nSPS) is 10.1. The van der Waals surface area contributed by atoms with E-state index in [1.54, 1.807) is 18.5 Å². The van der Waals surface area contributed by atoms with E-state index in [9.17, 15) is 0 Å². The van der Waals surface area contributed by atoms with Gasteiger partial charge < -0.3 is 9.84 Å². The van der Waals surface area contributed by atoms with Gasteiger partial charge in [0.25, 0.3) is 0 Å². The first-order valence-electron chi connectivity index (χ1n) is 4.94. The molecule has 78 valence electrons. The molecule has 0 unspecified atom stereocenters. The molecule has 0 aliphatic heterocycles. The predicted octanol–water partition coefficient (Wildman–Crippen LogP) is 1.41. The summed E-state index contributed by atoms with van der Waals surface area (Å²) in [7, 11) is 0. The van der Waals surface area contributed by atoms with Gasteiger partial charge in [-0.3, -0.25) is 0 Å². The molecule has 0 aliphatic carbocycles. The highest BCUT2D eigenvalue weighted by Crippen LogP contribution is 2.02. The second-order valence-electron chi connectivity index (χ2n) is 3.02. The Balaban J connectivity index is 1.99. The minimum absolute atomic E-state index is 0.280. The summed E-state index contributed by atoms with van der Waals surface area (Å²) in [5.74, 6) is 0. The fourth-order valence-electron chi connectivity index (χ4n) is 1.09. The van der Waals surface area contributed by atoms with E-state index in [0.717, 1.165) is 25.7 Å².